The molecular formula is C22H38O3. The van der Waals surface area contributed by atoms with Gasteiger partial charge in [-0.05, 0) is 31.4 Å². The molecule has 0 saturated carbocycles. The standard InChI is InChI=1S/C22H38O3/c1-3-5-6-7-8-9-10-11-12-13-16-19(15-4-2)25-21-18-14-17-20(23)22(21)24/h14,17-19,23-24H,3-13,15-16H2,1-2H3. The molecule has 1 rings (SSSR count). The van der Waals surface area contributed by atoms with Crippen molar-refractivity contribution < 1.29 is 14.9 Å². The third-order valence-corrected chi connectivity index (χ3v) is 4.76. The molecule has 0 amide bonds. The first-order chi connectivity index (χ1) is 12.2. The Balaban J connectivity index is 2.18. The molecule has 3 heteroatoms. The van der Waals surface area contributed by atoms with Crippen molar-refractivity contribution in [3.05, 3.63) is 18.2 Å². The minimum atomic E-state index is -0.147. The van der Waals surface area contributed by atoms with E-state index in [1.165, 1.54) is 70.3 Å². The molecular weight excluding hydrogens is 312 g/mol. The first-order valence-corrected chi connectivity index (χ1v) is 10.4. The number of hydrogen-bond acceptors (Lipinski definition) is 3. The van der Waals surface area contributed by atoms with Crippen LogP contribution in [0.4, 0.5) is 0 Å². The Morgan fingerprint density at radius 1 is 0.760 bits per heavy atom. The molecule has 144 valence electrons. The molecule has 0 saturated heterocycles. The van der Waals surface area contributed by atoms with Gasteiger partial charge in [-0.15, -0.1) is 0 Å². The first kappa shape index (κ1) is 21.7. The van der Waals surface area contributed by atoms with E-state index in [0.717, 1.165) is 19.3 Å². The lowest BCUT2D eigenvalue weighted by Crippen LogP contribution is -2.16. The van der Waals surface area contributed by atoms with Crippen molar-refractivity contribution in [2.75, 3.05) is 0 Å². The number of phenols is 2. The lowest BCUT2D eigenvalue weighted by Gasteiger charge is -2.19. The number of aromatic hydroxyl groups is 2. The van der Waals surface area contributed by atoms with Crippen molar-refractivity contribution in [3.63, 3.8) is 0 Å². The van der Waals surface area contributed by atoms with Gasteiger partial charge in [-0.25, -0.2) is 0 Å². The molecule has 25 heavy (non-hydrogen) atoms. The van der Waals surface area contributed by atoms with Gasteiger partial charge >= 0.3 is 0 Å². The molecule has 0 heterocycles. The van der Waals surface area contributed by atoms with Crippen LogP contribution < -0.4 is 4.74 Å². The minimum Gasteiger partial charge on any atom is -0.504 e. The van der Waals surface area contributed by atoms with Crippen LogP contribution >= 0.6 is 0 Å². The molecule has 1 unspecified atom stereocenters. The molecule has 0 spiro atoms. The summed E-state index contributed by atoms with van der Waals surface area (Å²) in [5.41, 5.74) is 0. The van der Waals surface area contributed by atoms with Gasteiger partial charge in [0.2, 0.25) is 5.75 Å². The lowest BCUT2D eigenvalue weighted by molar-refractivity contribution is 0.168. The fourth-order valence-electron chi connectivity index (χ4n) is 3.23. The highest BCUT2D eigenvalue weighted by Gasteiger charge is 2.14. The summed E-state index contributed by atoms with van der Waals surface area (Å²) < 4.78 is 5.94. The third-order valence-electron chi connectivity index (χ3n) is 4.76. The lowest BCUT2D eigenvalue weighted by atomic mass is 10.0. The maximum absolute atomic E-state index is 9.89. The van der Waals surface area contributed by atoms with Crippen LogP contribution in [0.5, 0.6) is 17.2 Å². The van der Waals surface area contributed by atoms with Gasteiger partial charge in [0.15, 0.2) is 11.5 Å². The van der Waals surface area contributed by atoms with Gasteiger partial charge in [0.05, 0.1) is 6.10 Å². The summed E-state index contributed by atoms with van der Waals surface area (Å²) in [4.78, 5) is 0. The van der Waals surface area contributed by atoms with E-state index in [4.69, 9.17) is 4.74 Å². The molecule has 3 nitrogen and oxygen atoms in total. The normalized spacial score (nSPS) is 12.2. The van der Waals surface area contributed by atoms with E-state index in [1.54, 1.807) is 12.1 Å². The second-order valence-corrected chi connectivity index (χ2v) is 7.12. The summed E-state index contributed by atoms with van der Waals surface area (Å²) in [6.07, 6.45) is 16.5. The molecule has 0 aromatic heterocycles. The van der Waals surface area contributed by atoms with Crippen molar-refractivity contribution >= 4 is 0 Å². The van der Waals surface area contributed by atoms with Crippen molar-refractivity contribution in [1.82, 2.24) is 0 Å². The zero-order valence-electron chi connectivity index (χ0n) is 16.3. The summed E-state index contributed by atoms with van der Waals surface area (Å²) in [7, 11) is 0. The number of benzene rings is 1. The van der Waals surface area contributed by atoms with Crippen LogP contribution in [0.25, 0.3) is 0 Å². The Morgan fingerprint density at radius 3 is 1.96 bits per heavy atom. The number of unbranched alkanes of at least 4 members (excludes halogenated alkanes) is 9. The molecule has 1 aromatic carbocycles. The molecule has 0 aliphatic heterocycles. The maximum Gasteiger partial charge on any atom is 0.200 e. The SMILES string of the molecule is CCCCCCCCCCCCC(CCC)Oc1cccc(O)c1O. The van der Waals surface area contributed by atoms with E-state index in [0.29, 0.717) is 5.75 Å². The highest BCUT2D eigenvalue weighted by molar-refractivity contribution is 5.48. The fraction of sp³-hybridized carbons (Fsp3) is 0.727. The third kappa shape index (κ3) is 9.62. The highest BCUT2D eigenvalue weighted by atomic mass is 16.5. The van der Waals surface area contributed by atoms with Gasteiger partial charge in [0.25, 0.3) is 0 Å². The van der Waals surface area contributed by atoms with Gasteiger partial charge in [0, 0.05) is 0 Å². The number of hydrogen-bond donors (Lipinski definition) is 2. The first-order valence-electron chi connectivity index (χ1n) is 10.4. The molecule has 0 aliphatic rings. The Morgan fingerprint density at radius 2 is 1.36 bits per heavy atom. The Hall–Kier alpha value is -1.38. The Kier molecular flexibility index (Phi) is 12.0. The summed E-state index contributed by atoms with van der Waals surface area (Å²) in [6, 6.07) is 4.89. The Labute approximate surface area is 154 Å². The second-order valence-electron chi connectivity index (χ2n) is 7.12. The summed E-state index contributed by atoms with van der Waals surface area (Å²) in [6.45, 7) is 4.41. The number of phenolic OH excluding ortho intramolecular Hbond substituents is 2. The fourth-order valence-corrected chi connectivity index (χ4v) is 3.23. The van der Waals surface area contributed by atoms with Crippen LogP contribution in [0.15, 0.2) is 18.2 Å². The topological polar surface area (TPSA) is 49.7 Å². The molecule has 1 aromatic rings. The van der Waals surface area contributed by atoms with Gasteiger partial charge in [-0.3, -0.25) is 0 Å². The van der Waals surface area contributed by atoms with Gasteiger partial charge in [-0.2, -0.15) is 0 Å². The smallest absolute Gasteiger partial charge is 0.200 e. The summed E-state index contributed by atoms with van der Waals surface area (Å²) in [5, 5.41) is 19.5. The second kappa shape index (κ2) is 13.9. The maximum atomic E-state index is 9.89. The van der Waals surface area contributed by atoms with E-state index in [2.05, 4.69) is 13.8 Å². The summed E-state index contributed by atoms with van der Waals surface area (Å²) in [5.74, 6) is 0.129. The van der Waals surface area contributed by atoms with E-state index in [9.17, 15) is 10.2 Å². The predicted molar refractivity (Wildman–Crippen MR) is 106 cm³/mol. The molecule has 0 aliphatic carbocycles. The number of rotatable bonds is 15. The van der Waals surface area contributed by atoms with Gasteiger partial charge in [-0.1, -0.05) is 84.1 Å². The van der Waals surface area contributed by atoms with E-state index in [-0.39, 0.29) is 17.6 Å². The zero-order chi connectivity index (χ0) is 18.3. The monoisotopic (exact) mass is 350 g/mol. The average molecular weight is 351 g/mol. The van der Waals surface area contributed by atoms with Crippen molar-refractivity contribution in [3.8, 4) is 17.2 Å². The van der Waals surface area contributed by atoms with Crippen LogP contribution in [-0.4, -0.2) is 16.3 Å². The highest BCUT2D eigenvalue weighted by Crippen LogP contribution is 2.35. The van der Waals surface area contributed by atoms with Crippen LogP contribution in [0.3, 0.4) is 0 Å². The van der Waals surface area contributed by atoms with Crippen LogP contribution in [0.2, 0.25) is 0 Å². The summed E-state index contributed by atoms with van der Waals surface area (Å²) >= 11 is 0. The van der Waals surface area contributed by atoms with Crippen molar-refractivity contribution in [1.29, 1.82) is 0 Å². The largest absolute Gasteiger partial charge is 0.504 e. The van der Waals surface area contributed by atoms with Crippen LogP contribution in [-0.2, 0) is 0 Å². The number of ether oxygens (including phenoxy) is 1. The minimum absolute atomic E-state index is 0.117. The van der Waals surface area contributed by atoms with Gasteiger partial charge in [0.1, 0.15) is 0 Å². The quantitative estimate of drug-likeness (QED) is 0.265. The van der Waals surface area contributed by atoms with E-state index < -0.39 is 0 Å². The number of para-hydroxylation sites is 1. The molecule has 2 N–H and O–H groups in total. The van der Waals surface area contributed by atoms with Crippen LogP contribution in [0.1, 0.15) is 97.3 Å². The van der Waals surface area contributed by atoms with Gasteiger partial charge < -0.3 is 14.9 Å². The van der Waals surface area contributed by atoms with Crippen molar-refractivity contribution in [2.45, 2.75) is 103 Å². The predicted octanol–water partition coefficient (Wildman–Crippen LogP) is 6.96. The van der Waals surface area contributed by atoms with Crippen LogP contribution in [0, 0.1) is 0 Å². The molecule has 1 atom stereocenters. The molecule has 0 radical (unpaired) electrons. The zero-order valence-corrected chi connectivity index (χ0v) is 16.3. The average Bonchev–Trinajstić information content (AvgIpc) is 2.60. The Bertz CT molecular complexity index is 445. The van der Waals surface area contributed by atoms with Crippen molar-refractivity contribution in [2.24, 2.45) is 0 Å². The molecule has 0 fully saturated rings. The molecule has 0 bridgehead atoms. The van der Waals surface area contributed by atoms with E-state index in [1.807, 2.05) is 0 Å². The van der Waals surface area contributed by atoms with E-state index >= 15 is 0 Å².